The van der Waals surface area contributed by atoms with Crippen molar-refractivity contribution in [3.05, 3.63) is 71.8 Å². The third-order valence-electron chi connectivity index (χ3n) is 5.17. The van der Waals surface area contributed by atoms with Gasteiger partial charge in [-0.2, -0.15) is 0 Å². The number of hydrogen-bond donors (Lipinski definition) is 2. The molecule has 0 fully saturated rings. The Morgan fingerprint density at radius 3 is 1.79 bits per heavy atom. The third kappa shape index (κ3) is 13.0. The molecule has 0 spiro atoms. The van der Waals surface area contributed by atoms with Crippen LogP contribution in [0.4, 0.5) is 4.79 Å². The first kappa shape index (κ1) is 31.3. The van der Waals surface area contributed by atoms with Crippen molar-refractivity contribution in [2.24, 2.45) is 0 Å². The van der Waals surface area contributed by atoms with Crippen LogP contribution in [-0.4, -0.2) is 47.2 Å². The molecule has 2 aromatic carbocycles. The average molecular weight is 541 g/mol. The van der Waals surface area contributed by atoms with Gasteiger partial charge in [0.2, 0.25) is 5.91 Å². The lowest BCUT2D eigenvalue weighted by molar-refractivity contribution is -0.159. The van der Waals surface area contributed by atoms with Gasteiger partial charge in [0.25, 0.3) is 0 Å². The second-order valence-corrected chi connectivity index (χ2v) is 11.2. The number of alkyl carbamates (subject to hydrolysis) is 1. The Morgan fingerprint density at radius 1 is 0.718 bits per heavy atom. The summed E-state index contributed by atoms with van der Waals surface area (Å²) in [4.78, 5) is 51.3. The summed E-state index contributed by atoms with van der Waals surface area (Å²) in [6.45, 7) is 10.4. The molecular formula is C30H40N2O7. The van der Waals surface area contributed by atoms with Crippen molar-refractivity contribution in [3.63, 3.8) is 0 Å². The molecule has 2 aromatic rings. The van der Waals surface area contributed by atoms with Gasteiger partial charge in [0.15, 0.2) is 0 Å². The maximum atomic E-state index is 13.4. The number of carbonyl (C=O) groups is 4. The van der Waals surface area contributed by atoms with Crippen LogP contribution >= 0.6 is 0 Å². The largest absolute Gasteiger partial charge is 0.460 e. The van der Waals surface area contributed by atoms with Crippen molar-refractivity contribution in [1.82, 2.24) is 10.6 Å². The van der Waals surface area contributed by atoms with Crippen LogP contribution in [0, 0.1) is 0 Å². The molecule has 2 N–H and O–H groups in total. The van der Waals surface area contributed by atoms with Crippen molar-refractivity contribution in [3.8, 4) is 0 Å². The predicted octanol–water partition coefficient (Wildman–Crippen LogP) is 4.47. The molecule has 0 saturated heterocycles. The van der Waals surface area contributed by atoms with E-state index in [0.717, 1.165) is 11.1 Å². The van der Waals surface area contributed by atoms with Gasteiger partial charge in [-0.1, -0.05) is 60.7 Å². The Bertz CT molecular complexity index is 1090. The van der Waals surface area contributed by atoms with Gasteiger partial charge in [-0.05, 0) is 59.1 Å². The van der Waals surface area contributed by atoms with Gasteiger partial charge in [0, 0.05) is 12.8 Å². The Labute approximate surface area is 230 Å². The van der Waals surface area contributed by atoms with E-state index in [-0.39, 0.29) is 25.9 Å². The Kier molecular flexibility index (Phi) is 11.5. The summed E-state index contributed by atoms with van der Waals surface area (Å²) < 4.78 is 16.1. The Hall–Kier alpha value is -3.88. The lowest BCUT2D eigenvalue weighted by Gasteiger charge is -2.26. The molecule has 39 heavy (non-hydrogen) atoms. The number of esters is 2. The van der Waals surface area contributed by atoms with Crippen LogP contribution in [0.1, 0.15) is 65.5 Å². The van der Waals surface area contributed by atoms with Crippen molar-refractivity contribution < 1.29 is 33.4 Å². The normalized spacial score (nSPS) is 13.0. The summed E-state index contributed by atoms with van der Waals surface area (Å²) in [5.74, 6) is -1.79. The van der Waals surface area contributed by atoms with Gasteiger partial charge < -0.3 is 24.8 Å². The first-order valence-corrected chi connectivity index (χ1v) is 13.0. The first-order chi connectivity index (χ1) is 18.2. The molecular weight excluding hydrogens is 500 g/mol. The monoisotopic (exact) mass is 540 g/mol. The fourth-order valence-electron chi connectivity index (χ4n) is 3.52. The summed E-state index contributed by atoms with van der Waals surface area (Å²) in [7, 11) is 0. The fourth-order valence-corrected chi connectivity index (χ4v) is 3.52. The second-order valence-electron chi connectivity index (χ2n) is 11.2. The van der Waals surface area contributed by atoms with Gasteiger partial charge >= 0.3 is 18.0 Å². The molecule has 0 aliphatic rings. The van der Waals surface area contributed by atoms with Gasteiger partial charge in [-0.15, -0.1) is 0 Å². The van der Waals surface area contributed by atoms with Crippen molar-refractivity contribution in [2.45, 2.75) is 90.7 Å². The first-order valence-electron chi connectivity index (χ1n) is 13.0. The van der Waals surface area contributed by atoms with Gasteiger partial charge in [-0.25, -0.2) is 9.59 Å². The molecule has 2 atom stereocenters. The SMILES string of the molecule is CC(C)(C)OC(=O)CC[C@H](NC(=O)OCc1ccccc1)C(=O)N[C@@H](Cc1ccccc1)C(=O)OC(C)(C)C. The molecule has 0 aliphatic carbocycles. The number of rotatable bonds is 11. The fraction of sp³-hybridized carbons (Fsp3) is 0.467. The standard InChI is InChI=1S/C30H40N2O7/c1-29(2,3)38-25(33)18-17-23(32-28(36)37-20-22-15-11-8-12-16-22)26(34)31-24(27(35)39-30(4,5)6)19-21-13-9-7-10-14-21/h7-16,23-24H,17-20H2,1-6H3,(H,31,34)(H,32,36)/t23-,24-/m0/s1. The molecule has 212 valence electrons. The zero-order chi connectivity index (χ0) is 29.1. The van der Waals surface area contributed by atoms with Crippen molar-refractivity contribution >= 4 is 23.9 Å². The van der Waals surface area contributed by atoms with Crippen molar-refractivity contribution in [2.75, 3.05) is 0 Å². The minimum Gasteiger partial charge on any atom is -0.460 e. The smallest absolute Gasteiger partial charge is 0.408 e. The van der Waals surface area contributed by atoms with E-state index in [1.54, 1.807) is 53.7 Å². The number of ether oxygens (including phenoxy) is 3. The summed E-state index contributed by atoms with van der Waals surface area (Å²) in [5, 5.41) is 5.23. The summed E-state index contributed by atoms with van der Waals surface area (Å²) in [6.07, 6.45) is -0.851. The maximum Gasteiger partial charge on any atom is 0.408 e. The van der Waals surface area contributed by atoms with Gasteiger partial charge in [0.1, 0.15) is 29.9 Å². The van der Waals surface area contributed by atoms with Gasteiger partial charge in [-0.3, -0.25) is 9.59 Å². The van der Waals surface area contributed by atoms with Crippen LogP contribution < -0.4 is 10.6 Å². The van der Waals surface area contributed by atoms with Gasteiger partial charge in [0.05, 0.1) is 0 Å². The second kappa shape index (κ2) is 14.3. The van der Waals surface area contributed by atoms with E-state index >= 15 is 0 Å². The zero-order valence-corrected chi connectivity index (χ0v) is 23.6. The Balaban J connectivity index is 2.17. The van der Waals surface area contributed by atoms with E-state index in [1.807, 2.05) is 48.5 Å². The maximum absolute atomic E-state index is 13.4. The van der Waals surface area contributed by atoms with E-state index in [0.29, 0.717) is 0 Å². The molecule has 0 aromatic heterocycles. The van der Waals surface area contributed by atoms with Crippen LogP contribution in [0.25, 0.3) is 0 Å². The van der Waals surface area contributed by atoms with Crippen LogP contribution in [0.5, 0.6) is 0 Å². The minimum atomic E-state index is -1.17. The zero-order valence-electron chi connectivity index (χ0n) is 23.6. The average Bonchev–Trinajstić information content (AvgIpc) is 2.84. The number of nitrogens with one attached hydrogen (secondary N) is 2. The summed E-state index contributed by atoms with van der Waals surface area (Å²) in [5.41, 5.74) is 0.116. The van der Waals surface area contributed by atoms with E-state index in [9.17, 15) is 19.2 Å². The van der Waals surface area contributed by atoms with Crippen molar-refractivity contribution in [1.29, 1.82) is 0 Å². The minimum absolute atomic E-state index is 0.00161. The third-order valence-corrected chi connectivity index (χ3v) is 5.17. The predicted molar refractivity (Wildman–Crippen MR) is 147 cm³/mol. The Morgan fingerprint density at radius 2 is 1.26 bits per heavy atom. The molecule has 0 bridgehead atoms. The van der Waals surface area contributed by atoms with Crippen LogP contribution in [-0.2, 0) is 41.6 Å². The highest BCUT2D eigenvalue weighted by Gasteiger charge is 2.31. The highest BCUT2D eigenvalue weighted by atomic mass is 16.6. The molecule has 2 rings (SSSR count). The highest BCUT2D eigenvalue weighted by molar-refractivity contribution is 5.90. The van der Waals surface area contributed by atoms with Crippen LogP contribution in [0.3, 0.4) is 0 Å². The summed E-state index contributed by atoms with van der Waals surface area (Å²) in [6, 6.07) is 16.1. The lowest BCUT2D eigenvalue weighted by Crippen LogP contribution is -2.53. The molecule has 9 heteroatoms. The quantitative estimate of drug-likeness (QED) is 0.319. The molecule has 2 amide bonds. The molecule has 0 unspecified atom stereocenters. The molecule has 0 aliphatic heterocycles. The molecule has 9 nitrogen and oxygen atoms in total. The topological polar surface area (TPSA) is 120 Å². The lowest BCUT2D eigenvalue weighted by atomic mass is 10.0. The van der Waals surface area contributed by atoms with Crippen LogP contribution in [0.15, 0.2) is 60.7 Å². The van der Waals surface area contributed by atoms with E-state index in [1.165, 1.54) is 0 Å². The van der Waals surface area contributed by atoms with E-state index in [4.69, 9.17) is 14.2 Å². The molecule has 0 radical (unpaired) electrons. The number of benzene rings is 2. The van der Waals surface area contributed by atoms with E-state index in [2.05, 4.69) is 10.6 Å². The van der Waals surface area contributed by atoms with Crippen LogP contribution in [0.2, 0.25) is 0 Å². The number of amides is 2. The number of carbonyl (C=O) groups excluding carboxylic acids is 4. The summed E-state index contributed by atoms with van der Waals surface area (Å²) >= 11 is 0. The number of hydrogen-bond acceptors (Lipinski definition) is 7. The van der Waals surface area contributed by atoms with E-state index < -0.39 is 47.2 Å². The highest BCUT2D eigenvalue weighted by Crippen LogP contribution is 2.14. The molecule has 0 heterocycles. The molecule has 0 saturated carbocycles.